The second kappa shape index (κ2) is 5.13. The lowest BCUT2D eigenvalue weighted by molar-refractivity contribution is 0.406. The second-order valence-corrected chi connectivity index (χ2v) is 5.25. The molecule has 100 valence electrons. The zero-order chi connectivity index (χ0) is 14.1. The molecule has 2 aromatic carbocycles. The number of benzene rings is 2. The van der Waals surface area contributed by atoms with Gasteiger partial charge in [-0.1, -0.05) is 46.3 Å². The molecule has 1 aromatic heterocycles. The van der Waals surface area contributed by atoms with Crippen LogP contribution in [-0.4, -0.2) is 7.11 Å². The van der Waals surface area contributed by atoms with E-state index in [-0.39, 0.29) is 0 Å². The lowest BCUT2D eigenvalue weighted by atomic mass is 10.0. The fraction of sp³-hybridized carbons (Fsp3) is 0.0625. The Morgan fingerprint density at radius 3 is 2.55 bits per heavy atom. The van der Waals surface area contributed by atoms with Gasteiger partial charge < -0.3 is 9.15 Å². The van der Waals surface area contributed by atoms with Gasteiger partial charge >= 0.3 is 5.63 Å². The van der Waals surface area contributed by atoms with E-state index in [1.807, 2.05) is 36.4 Å². The molecule has 0 amide bonds. The maximum Gasteiger partial charge on any atom is 0.336 e. The average Bonchev–Trinajstić information content (AvgIpc) is 2.47. The van der Waals surface area contributed by atoms with Crippen molar-refractivity contribution < 1.29 is 9.15 Å². The van der Waals surface area contributed by atoms with Crippen molar-refractivity contribution in [1.29, 1.82) is 0 Å². The van der Waals surface area contributed by atoms with Gasteiger partial charge in [0.25, 0.3) is 0 Å². The summed E-state index contributed by atoms with van der Waals surface area (Å²) in [6.07, 6.45) is 0. The highest BCUT2D eigenvalue weighted by Gasteiger charge is 2.12. The fourth-order valence-electron chi connectivity index (χ4n) is 2.21. The molecule has 0 saturated carbocycles. The molecule has 0 saturated heterocycles. The van der Waals surface area contributed by atoms with E-state index in [1.165, 1.54) is 6.07 Å². The van der Waals surface area contributed by atoms with E-state index in [0.29, 0.717) is 11.3 Å². The molecule has 3 rings (SSSR count). The van der Waals surface area contributed by atoms with Crippen LogP contribution in [-0.2, 0) is 0 Å². The summed E-state index contributed by atoms with van der Waals surface area (Å²) in [5, 5.41) is 0.835. The normalized spacial score (nSPS) is 10.7. The summed E-state index contributed by atoms with van der Waals surface area (Å²) in [5.41, 5.74) is 1.86. The van der Waals surface area contributed by atoms with Gasteiger partial charge in [-0.2, -0.15) is 0 Å². The zero-order valence-corrected chi connectivity index (χ0v) is 12.3. The summed E-state index contributed by atoms with van der Waals surface area (Å²) in [4.78, 5) is 11.8. The van der Waals surface area contributed by atoms with Crippen LogP contribution in [0, 0.1) is 0 Å². The molecule has 3 aromatic rings. The molecule has 0 radical (unpaired) electrons. The minimum absolute atomic E-state index is 0.392. The minimum atomic E-state index is -0.392. The first-order chi connectivity index (χ1) is 9.69. The predicted octanol–water partition coefficient (Wildman–Crippen LogP) is 4.23. The van der Waals surface area contributed by atoms with E-state index >= 15 is 0 Å². The van der Waals surface area contributed by atoms with Gasteiger partial charge in [-0.3, -0.25) is 0 Å². The highest BCUT2D eigenvalue weighted by Crippen LogP contribution is 2.35. The van der Waals surface area contributed by atoms with Gasteiger partial charge in [0.1, 0.15) is 0 Å². The van der Waals surface area contributed by atoms with Gasteiger partial charge in [-0.25, -0.2) is 4.79 Å². The third-order valence-electron chi connectivity index (χ3n) is 3.08. The highest BCUT2D eigenvalue weighted by atomic mass is 79.9. The minimum Gasteiger partial charge on any atom is -0.493 e. The smallest absolute Gasteiger partial charge is 0.336 e. The van der Waals surface area contributed by atoms with Crippen LogP contribution in [0.15, 0.2) is 62.2 Å². The molecule has 0 bridgehead atoms. The highest BCUT2D eigenvalue weighted by molar-refractivity contribution is 9.10. The summed E-state index contributed by atoms with van der Waals surface area (Å²) < 4.78 is 11.5. The van der Waals surface area contributed by atoms with Gasteiger partial charge in [0, 0.05) is 21.5 Å². The Hall–Kier alpha value is -2.07. The quantitative estimate of drug-likeness (QED) is 0.660. The van der Waals surface area contributed by atoms with Crippen LogP contribution in [0.1, 0.15) is 0 Å². The van der Waals surface area contributed by atoms with Crippen molar-refractivity contribution >= 4 is 26.9 Å². The topological polar surface area (TPSA) is 39.4 Å². The van der Waals surface area contributed by atoms with Crippen LogP contribution in [0.5, 0.6) is 5.75 Å². The predicted molar refractivity (Wildman–Crippen MR) is 82.2 cm³/mol. The molecule has 0 atom stereocenters. The molecule has 1 heterocycles. The van der Waals surface area contributed by atoms with Gasteiger partial charge in [-0.05, 0) is 17.7 Å². The van der Waals surface area contributed by atoms with Crippen molar-refractivity contribution in [3.8, 4) is 16.9 Å². The molecule has 0 fully saturated rings. The maximum atomic E-state index is 11.8. The van der Waals surface area contributed by atoms with Gasteiger partial charge in [0.2, 0.25) is 0 Å². The van der Waals surface area contributed by atoms with E-state index in [4.69, 9.17) is 9.15 Å². The Labute approximate surface area is 123 Å². The van der Waals surface area contributed by atoms with Gasteiger partial charge in [-0.15, -0.1) is 0 Å². The first-order valence-electron chi connectivity index (χ1n) is 6.06. The number of hydrogen-bond donors (Lipinski definition) is 0. The van der Waals surface area contributed by atoms with Crippen LogP contribution < -0.4 is 10.4 Å². The Morgan fingerprint density at radius 1 is 1.10 bits per heavy atom. The Balaban J connectivity index is 2.43. The first-order valence-corrected chi connectivity index (χ1v) is 6.85. The van der Waals surface area contributed by atoms with Crippen molar-refractivity contribution in [3.63, 3.8) is 0 Å². The summed E-state index contributed by atoms with van der Waals surface area (Å²) in [6.45, 7) is 0. The van der Waals surface area contributed by atoms with Crippen LogP contribution in [0.2, 0.25) is 0 Å². The van der Waals surface area contributed by atoms with Crippen molar-refractivity contribution in [2.45, 2.75) is 0 Å². The molecular formula is C16H11BrO3. The zero-order valence-electron chi connectivity index (χ0n) is 10.7. The molecule has 20 heavy (non-hydrogen) atoms. The van der Waals surface area contributed by atoms with Crippen molar-refractivity contribution in [2.75, 3.05) is 7.11 Å². The molecule has 3 nitrogen and oxygen atoms in total. The largest absolute Gasteiger partial charge is 0.493 e. The number of halogens is 1. The maximum absolute atomic E-state index is 11.8. The summed E-state index contributed by atoms with van der Waals surface area (Å²) in [6, 6.07) is 14.9. The van der Waals surface area contributed by atoms with E-state index < -0.39 is 5.63 Å². The third kappa shape index (κ3) is 2.23. The van der Waals surface area contributed by atoms with Crippen LogP contribution in [0.3, 0.4) is 0 Å². The van der Waals surface area contributed by atoms with Crippen LogP contribution in [0.4, 0.5) is 0 Å². The summed E-state index contributed by atoms with van der Waals surface area (Å²) in [5.74, 6) is 0.532. The van der Waals surface area contributed by atoms with Crippen molar-refractivity contribution in [3.05, 3.63) is 63.4 Å². The Bertz CT molecular complexity index is 822. The summed E-state index contributed by atoms with van der Waals surface area (Å²) >= 11 is 3.45. The first kappa shape index (κ1) is 12.9. The fourth-order valence-corrected chi connectivity index (χ4v) is 2.64. The second-order valence-electron chi connectivity index (χ2n) is 4.33. The molecule has 0 aliphatic carbocycles. The van der Waals surface area contributed by atoms with E-state index in [9.17, 15) is 4.79 Å². The van der Waals surface area contributed by atoms with Gasteiger partial charge in [0.15, 0.2) is 11.3 Å². The number of ether oxygens (including phenoxy) is 1. The molecule has 0 N–H and O–H groups in total. The van der Waals surface area contributed by atoms with E-state index in [1.54, 1.807) is 13.2 Å². The lowest BCUT2D eigenvalue weighted by Gasteiger charge is -2.09. The third-order valence-corrected chi connectivity index (χ3v) is 3.54. The Kier molecular flexibility index (Phi) is 3.32. The Morgan fingerprint density at radius 2 is 1.85 bits per heavy atom. The molecule has 0 spiro atoms. The monoisotopic (exact) mass is 330 g/mol. The average molecular weight is 331 g/mol. The molecule has 0 aliphatic heterocycles. The molecular weight excluding hydrogens is 320 g/mol. The number of methoxy groups -OCH3 is 1. The molecule has 0 unspecified atom stereocenters. The van der Waals surface area contributed by atoms with Crippen LogP contribution >= 0.6 is 15.9 Å². The molecule has 4 heteroatoms. The number of fused-ring (bicyclic) bond motifs is 1. The van der Waals surface area contributed by atoms with Crippen molar-refractivity contribution in [1.82, 2.24) is 0 Å². The number of rotatable bonds is 2. The van der Waals surface area contributed by atoms with E-state index in [0.717, 1.165) is 21.0 Å². The van der Waals surface area contributed by atoms with Crippen LogP contribution in [0.25, 0.3) is 22.1 Å². The lowest BCUT2D eigenvalue weighted by Crippen LogP contribution is -1.99. The van der Waals surface area contributed by atoms with Crippen molar-refractivity contribution in [2.24, 2.45) is 0 Å². The van der Waals surface area contributed by atoms with E-state index in [2.05, 4.69) is 15.9 Å². The SMILES string of the molecule is COc1cc(Br)cc2c(-c3ccccc3)cc(=O)oc12. The number of hydrogen-bond acceptors (Lipinski definition) is 3. The molecule has 0 aliphatic rings. The standard InChI is InChI=1S/C16H11BrO3/c1-19-14-8-11(17)7-13-12(9-15(18)20-16(13)14)10-5-3-2-4-6-10/h2-9H,1H3. The summed E-state index contributed by atoms with van der Waals surface area (Å²) in [7, 11) is 1.55. The van der Waals surface area contributed by atoms with Gasteiger partial charge in [0.05, 0.1) is 7.11 Å².